The van der Waals surface area contributed by atoms with Crippen molar-refractivity contribution in [1.29, 1.82) is 0 Å². The Bertz CT molecular complexity index is 845. The first kappa shape index (κ1) is 14.6. The summed E-state index contributed by atoms with van der Waals surface area (Å²) >= 11 is 0. The van der Waals surface area contributed by atoms with E-state index in [-0.39, 0.29) is 0 Å². The molecule has 0 aliphatic heterocycles. The fraction of sp³-hybridized carbons (Fsp3) is 0.0833. The number of nitrogens with one attached hydrogen (secondary N) is 1. The van der Waals surface area contributed by atoms with Gasteiger partial charge < -0.3 is 5.11 Å². The SMILES string of the molecule is CC(=O)Nn1cc(C(=O)O)c(=O)c2cc(F)c(F)c(F)c21. The van der Waals surface area contributed by atoms with Gasteiger partial charge in [0.2, 0.25) is 11.3 Å². The number of amides is 1. The van der Waals surface area contributed by atoms with Gasteiger partial charge in [0.1, 0.15) is 11.1 Å². The number of benzene rings is 1. The standard InChI is InChI=1S/C12H7F3N2O4/c1-4(18)16-17-3-6(12(20)21)11(19)5-2-7(13)8(14)9(15)10(5)17/h2-3H,1H3,(H,16,18)(H,20,21). The molecule has 1 amide bonds. The zero-order valence-corrected chi connectivity index (χ0v) is 10.4. The summed E-state index contributed by atoms with van der Waals surface area (Å²) in [5.74, 6) is -7.60. The predicted octanol–water partition coefficient (Wildman–Crippen LogP) is 1.21. The van der Waals surface area contributed by atoms with Crippen molar-refractivity contribution in [2.45, 2.75) is 6.92 Å². The van der Waals surface area contributed by atoms with Crippen LogP contribution in [0.5, 0.6) is 0 Å². The summed E-state index contributed by atoms with van der Waals surface area (Å²) < 4.78 is 40.8. The minimum absolute atomic E-state index is 0.376. The zero-order chi connectivity index (χ0) is 15.9. The Balaban J connectivity index is 3.02. The number of aromatic nitrogens is 1. The maximum absolute atomic E-state index is 13.8. The monoisotopic (exact) mass is 300 g/mol. The number of carboxylic acid groups (broad SMARTS) is 1. The van der Waals surface area contributed by atoms with Crippen molar-refractivity contribution >= 4 is 22.8 Å². The Kier molecular flexibility index (Phi) is 3.42. The molecule has 2 N–H and O–H groups in total. The molecule has 0 saturated carbocycles. The van der Waals surface area contributed by atoms with Gasteiger partial charge >= 0.3 is 5.97 Å². The number of hydrogen-bond acceptors (Lipinski definition) is 3. The van der Waals surface area contributed by atoms with Gasteiger partial charge in [-0.25, -0.2) is 18.0 Å². The molecule has 0 radical (unpaired) electrons. The lowest BCUT2D eigenvalue weighted by atomic mass is 10.1. The molecule has 21 heavy (non-hydrogen) atoms. The van der Waals surface area contributed by atoms with Gasteiger partial charge in [0.05, 0.1) is 5.39 Å². The number of halogens is 3. The van der Waals surface area contributed by atoms with Crippen LogP contribution in [0.2, 0.25) is 0 Å². The lowest BCUT2D eigenvalue weighted by Crippen LogP contribution is -2.27. The lowest BCUT2D eigenvalue weighted by molar-refractivity contribution is -0.115. The van der Waals surface area contributed by atoms with Crippen LogP contribution in [-0.2, 0) is 4.79 Å². The van der Waals surface area contributed by atoms with Crippen LogP contribution in [-0.4, -0.2) is 21.7 Å². The quantitative estimate of drug-likeness (QED) is 0.816. The van der Waals surface area contributed by atoms with Crippen molar-refractivity contribution in [2.24, 2.45) is 0 Å². The molecule has 0 spiro atoms. The largest absolute Gasteiger partial charge is 0.477 e. The number of rotatable bonds is 2. The van der Waals surface area contributed by atoms with Gasteiger partial charge in [0.25, 0.3) is 0 Å². The fourth-order valence-corrected chi connectivity index (χ4v) is 1.80. The topological polar surface area (TPSA) is 88.4 Å². The molecule has 110 valence electrons. The van der Waals surface area contributed by atoms with Crippen molar-refractivity contribution in [2.75, 3.05) is 5.43 Å². The minimum atomic E-state index is -1.84. The smallest absolute Gasteiger partial charge is 0.341 e. The molecule has 2 rings (SSSR count). The summed E-state index contributed by atoms with van der Waals surface area (Å²) in [6.07, 6.45) is 0.620. The van der Waals surface area contributed by atoms with Crippen LogP contribution in [0.1, 0.15) is 17.3 Å². The first-order chi connectivity index (χ1) is 9.73. The highest BCUT2D eigenvalue weighted by atomic mass is 19.2. The molecule has 1 aromatic carbocycles. The van der Waals surface area contributed by atoms with Crippen LogP contribution in [0.15, 0.2) is 17.1 Å². The molecule has 0 saturated heterocycles. The van der Waals surface area contributed by atoms with E-state index in [4.69, 9.17) is 5.11 Å². The third-order valence-corrected chi connectivity index (χ3v) is 2.63. The second kappa shape index (κ2) is 4.93. The van der Waals surface area contributed by atoms with E-state index >= 15 is 0 Å². The third kappa shape index (κ3) is 2.33. The maximum atomic E-state index is 13.8. The summed E-state index contributed by atoms with van der Waals surface area (Å²) in [4.78, 5) is 33.9. The Morgan fingerprint density at radius 3 is 2.38 bits per heavy atom. The van der Waals surface area contributed by atoms with E-state index < -0.39 is 51.2 Å². The number of aromatic carboxylic acids is 1. The van der Waals surface area contributed by atoms with Crippen molar-refractivity contribution < 1.29 is 27.9 Å². The van der Waals surface area contributed by atoms with Crippen LogP contribution in [0.4, 0.5) is 13.2 Å². The fourth-order valence-electron chi connectivity index (χ4n) is 1.80. The minimum Gasteiger partial charge on any atom is -0.477 e. The van der Waals surface area contributed by atoms with Gasteiger partial charge in [-0.3, -0.25) is 19.7 Å². The van der Waals surface area contributed by atoms with Crippen LogP contribution in [0.3, 0.4) is 0 Å². The summed E-state index contributed by atoms with van der Waals surface area (Å²) in [6, 6.07) is 0.376. The van der Waals surface area contributed by atoms with Gasteiger partial charge in [-0.1, -0.05) is 0 Å². The highest BCUT2D eigenvalue weighted by molar-refractivity contribution is 5.94. The molecule has 0 aliphatic carbocycles. The molecule has 1 heterocycles. The lowest BCUT2D eigenvalue weighted by Gasteiger charge is -2.13. The number of carbonyl (C=O) groups is 2. The molecule has 0 bridgehead atoms. The highest BCUT2D eigenvalue weighted by Gasteiger charge is 2.22. The van der Waals surface area contributed by atoms with E-state index in [9.17, 15) is 27.6 Å². The first-order valence-corrected chi connectivity index (χ1v) is 5.47. The third-order valence-electron chi connectivity index (χ3n) is 2.63. The van der Waals surface area contributed by atoms with Crippen LogP contribution < -0.4 is 10.9 Å². The normalized spacial score (nSPS) is 10.7. The number of carboxylic acids is 1. The number of nitrogens with zero attached hydrogens (tertiary/aromatic N) is 1. The van der Waals surface area contributed by atoms with Gasteiger partial charge in [0.15, 0.2) is 17.5 Å². The molecular weight excluding hydrogens is 293 g/mol. The average Bonchev–Trinajstić information content (AvgIpc) is 2.38. The van der Waals surface area contributed by atoms with E-state index in [2.05, 4.69) is 0 Å². The Labute approximate surface area is 114 Å². The molecule has 9 heteroatoms. The molecule has 0 aliphatic rings. The summed E-state index contributed by atoms with van der Waals surface area (Å²) in [5.41, 5.74) is -0.790. The molecule has 0 fully saturated rings. The second-order valence-corrected chi connectivity index (χ2v) is 4.10. The van der Waals surface area contributed by atoms with Gasteiger partial charge in [-0.2, -0.15) is 0 Å². The number of fused-ring (bicyclic) bond motifs is 1. The van der Waals surface area contributed by atoms with Crippen molar-refractivity contribution in [3.63, 3.8) is 0 Å². The molecular formula is C12H7F3N2O4. The van der Waals surface area contributed by atoms with E-state index in [1.54, 1.807) is 0 Å². The molecule has 0 atom stereocenters. The molecule has 6 nitrogen and oxygen atoms in total. The van der Waals surface area contributed by atoms with Gasteiger partial charge in [-0.05, 0) is 6.07 Å². The summed E-state index contributed by atoms with van der Waals surface area (Å²) in [7, 11) is 0. The van der Waals surface area contributed by atoms with Crippen molar-refractivity contribution in [3.8, 4) is 0 Å². The Morgan fingerprint density at radius 1 is 1.24 bits per heavy atom. The molecule has 0 unspecified atom stereocenters. The van der Waals surface area contributed by atoms with Crippen LogP contribution >= 0.6 is 0 Å². The van der Waals surface area contributed by atoms with Crippen LogP contribution in [0.25, 0.3) is 10.9 Å². The van der Waals surface area contributed by atoms with E-state index in [1.165, 1.54) is 0 Å². The van der Waals surface area contributed by atoms with Crippen LogP contribution in [0, 0.1) is 17.5 Å². The first-order valence-electron chi connectivity index (χ1n) is 5.47. The highest BCUT2D eigenvalue weighted by Crippen LogP contribution is 2.21. The number of hydrogen-bond donors (Lipinski definition) is 2. The maximum Gasteiger partial charge on any atom is 0.341 e. The predicted molar refractivity (Wildman–Crippen MR) is 65.1 cm³/mol. The van der Waals surface area contributed by atoms with E-state index in [0.29, 0.717) is 16.9 Å². The summed E-state index contributed by atoms with van der Waals surface area (Å²) in [5, 5.41) is 8.18. The van der Waals surface area contributed by atoms with Crippen molar-refractivity contribution in [3.05, 3.63) is 45.5 Å². The number of carbonyl (C=O) groups excluding carboxylic acids is 1. The Hall–Kier alpha value is -2.84. The van der Waals surface area contributed by atoms with E-state index in [0.717, 1.165) is 6.92 Å². The van der Waals surface area contributed by atoms with Gasteiger partial charge in [-0.15, -0.1) is 0 Å². The average molecular weight is 300 g/mol. The van der Waals surface area contributed by atoms with E-state index in [1.807, 2.05) is 5.43 Å². The summed E-state index contributed by atoms with van der Waals surface area (Å²) in [6.45, 7) is 1.03. The van der Waals surface area contributed by atoms with Gasteiger partial charge in [0, 0.05) is 13.1 Å². The second-order valence-electron chi connectivity index (χ2n) is 4.10. The molecule has 1 aromatic heterocycles. The Morgan fingerprint density at radius 2 is 1.86 bits per heavy atom. The zero-order valence-electron chi connectivity index (χ0n) is 10.4. The van der Waals surface area contributed by atoms with Crippen molar-refractivity contribution in [1.82, 2.24) is 4.68 Å². The molecule has 2 aromatic rings. The number of pyridine rings is 1.